The minimum Gasteiger partial charge on any atom is -0.258 e. The van der Waals surface area contributed by atoms with E-state index < -0.39 is 25.9 Å². The van der Waals surface area contributed by atoms with Gasteiger partial charge in [0.2, 0.25) is 0 Å². The monoisotopic (exact) mass is 391 g/mol. The molecule has 0 radical (unpaired) electrons. The molecule has 26 heavy (non-hydrogen) atoms. The zero-order valence-corrected chi connectivity index (χ0v) is 16.3. The van der Waals surface area contributed by atoms with Crippen molar-refractivity contribution in [1.29, 1.82) is 0 Å². The highest BCUT2D eigenvalue weighted by Gasteiger charge is 2.35. The van der Waals surface area contributed by atoms with Crippen LogP contribution in [0.25, 0.3) is 0 Å². The van der Waals surface area contributed by atoms with Crippen molar-refractivity contribution in [2.24, 2.45) is 0 Å². The van der Waals surface area contributed by atoms with Crippen molar-refractivity contribution in [3.8, 4) is 0 Å². The van der Waals surface area contributed by atoms with Gasteiger partial charge in [-0.3, -0.25) is 4.31 Å². The number of sulfonamides is 1. The van der Waals surface area contributed by atoms with Gasteiger partial charge in [0.1, 0.15) is 0 Å². The van der Waals surface area contributed by atoms with Gasteiger partial charge in [0.15, 0.2) is 9.84 Å². The molecule has 1 heterocycles. The molecule has 0 unspecified atom stereocenters. The van der Waals surface area contributed by atoms with E-state index in [0.717, 1.165) is 23.0 Å². The maximum absolute atomic E-state index is 13.3. The Bertz CT molecular complexity index is 1020. The van der Waals surface area contributed by atoms with Gasteiger partial charge in [0.05, 0.1) is 22.4 Å². The number of nitrogens with zero attached hydrogens (tertiary/aromatic N) is 1. The first kappa shape index (κ1) is 18.7. The lowest BCUT2D eigenvalue weighted by Gasteiger charge is -2.29. The molecule has 0 spiro atoms. The van der Waals surface area contributed by atoms with Crippen LogP contribution in [-0.2, 0) is 26.3 Å². The third-order valence-electron chi connectivity index (χ3n) is 4.39. The van der Waals surface area contributed by atoms with Gasteiger partial charge in [0.25, 0.3) is 10.0 Å². The minimum absolute atomic E-state index is 0.139. The van der Waals surface area contributed by atoms with E-state index >= 15 is 0 Å². The van der Waals surface area contributed by atoms with Gasteiger partial charge in [-0.25, -0.2) is 16.8 Å². The Morgan fingerprint density at radius 2 is 1.65 bits per heavy atom. The maximum Gasteiger partial charge on any atom is 0.264 e. The Kier molecular flexibility index (Phi) is 4.94. The molecule has 2 aromatic rings. The molecule has 2 aromatic carbocycles. The normalized spacial score (nSPS) is 18.8. The van der Waals surface area contributed by atoms with Gasteiger partial charge >= 0.3 is 0 Å². The SMILES string of the molecule is CCc1ccc(N([C@@H]2C=CS(=O)(=O)C2)S(=O)(=O)c2ccc(C)cc2)cc1. The van der Waals surface area contributed by atoms with Crippen molar-refractivity contribution >= 4 is 25.5 Å². The largest absolute Gasteiger partial charge is 0.264 e. The van der Waals surface area contributed by atoms with E-state index in [4.69, 9.17) is 0 Å². The van der Waals surface area contributed by atoms with Crippen LogP contribution in [0.15, 0.2) is 64.9 Å². The third kappa shape index (κ3) is 3.68. The molecule has 3 rings (SSSR count). The zero-order chi connectivity index (χ0) is 18.9. The number of anilines is 1. The minimum atomic E-state index is -3.91. The summed E-state index contributed by atoms with van der Waals surface area (Å²) < 4.78 is 51.5. The second-order valence-corrected chi connectivity index (χ2v) is 10.1. The van der Waals surface area contributed by atoms with Crippen LogP contribution in [0.2, 0.25) is 0 Å². The lowest BCUT2D eigenvalue weighted by atomic mass is 10.1. The molecule has 5 nitrogen and oxygen atoms in total. The van der Waals surface area contributed by atoms with Gasteiger partial charge in [-0.1, -0.05) is 36.8 Å². The van der Waals surface area contributed by atoms with Crippen LogP contribution in [0.5, 0.6) is 0 Å². The second kappa shape index (κ2) is 6.89. The van der Waals surface area contributed by atoms with Gasteiger partial charge < -0.3 is 0 Å². The lowest BCUT2D eigenvalue weighted by Crippen LogP contribution is -2.41. The van der Waals surface area contributed by atoms with Gasteiger partial charge in [-0.15, -0.1) is 0 Å². The predicted octanol–water partition coefficient (Wildman–Crippen LogP) is 3.06. The van der Waals surface area contributed by atoms with Crippen LogP contribution in [0.4, 0.5) is 5.69 Å². The molecular formula is C19H21NO4S2. The van der Waals surface area contributed by atoms with Crippen molar-refractivity contribution < 1.29 is 16.8 Å². The standard InChI is InChI=1S/C19H21NO4S2/c1-3-16-6-8-17(9-7-16)20(18-12-13-25(21,22)14-18)26(23,24)19-10-4-15(2)5-11-19/h4-13,18H,3,14H2,1-2H3/t18-/m1/s1. The number of sulfone groups is 1. The highest BCUT2D eigenvalue weighted by atomic mass is 32.2. The fourth-order valence-electron chi connectivity index (χ4n) is 2.92. The molecule has 0 fully saturated rings. The average molecular weight is 392 g/mol. The predicted molar refractivity (Wildman–Crippen MR) is 103 cm³/mol. The summed E-state index contributed by atoms with van der Waals surface area (Å²) in [6.07, 6.45) is 2.28. The molecule has 0 amide bonds. The Labute approximate surface area is 154 Å². The van der Waals surface area contributed by atoms with Gasteiger partial charge in [-0.2, -0.15) is 0 Å². The van der Waals surface area contributed by atoms with Crippen LogP contribution >= 0.6 is 0 Å². The first-order chi connectivity index (χ1) is 12.2. The molecular weight excluding hydrogens is 370 g/mol. The quantitative estimate of drug-likeness (QED) is 0.785. The van der Waals surface area contributed by atoms with Crippen LogP contribution in [0.3, 0.4) is 0 Å². The molecule has 0 N–H and O–H groups in total. The van der Waals surface area contributed by atoms with E-state index in [9.17, 15) is 16.8 Å². The summed E-state index contributed by atoms with van der Waals surface area (Å²) >= 11 is 0. The summed E-state index contributed by atoms with van der Waals surface area (Å²) in [6.45, 7) is 3.89. The van der Waals surface area contributed by atoms with Crippen molar-refractivity contribution in [3.63, 3.8) is 0 Å². The fourth-order valence-corrected chi connectivity index (χ4v) is 5.89. The molecule has 1 aliphatic heterocycles. The summed E-state index contributed by atoms with van der Waals surface area (Å²) in [6, 6.07) is 13.0. The number of hydrogen-bond donors (Lipinski definition) is 0. The molecule has 7 heteroatoms. The summed E-state index contributed by atoms with van der Waals surface area (Å²) in [5, 5.41) is 1.09. The van der Waals surface area contributed by atoms with E-state index in [0.29, 0.717) is 5.69 Å². The first-order valence-corrected chi connectivity index (χ1v) is 11.5. The fraction of sp³-hybridized carbons (Fsp3) is 0.263. The lowest BCUT2D eigenvalue weighted by molar-refractivity contribution is 0.586. The summed E-state index contributed by atoms with van der Waals surface area (Å²) in [5.41, 5.74) is 2.48. The Balaban J connectivity index is 2.10. The van der Waals surface area contributed by atoms with Gasteiger partial charge in [0, 0.05) is 5.41 Å². The number of aryl methyl sites for hydroxylation is 2. The Morgan fingerprint density at radius 1 is 1.04 bits per heavy atom. The molecule has 1 atom stereocenters. The van der Waals surface area contributed by atoms with Crippen molar-refractivity contribution in [2.45, 2.75) is 31.2 Å². The van der Waals surface area contributed by atoms with Crippen molar-refractivity contribution in [1.82, 2.24) is 0 Å². The van der Waals surface area contributed by atoms with Crippen LogP contribution in [0, 0.1) is 6.92 Å². The summed E-state index contributed by atoms with van der Waals surface area (Å²) in [7, 11) is -7.30. The number of benzene rings is 2. The smallest absolute Gasteiger partial charge is 0.258 e. The van der Waals surface area contributed by atoms with Crippen molar-refractivity contribution in [3.05, 3.63) is 71.1 Å². The topological polar surface area (TPSA) is 71.5 Å². The van der Waals surface area contributed by atoms with E-state index in [1.807, 2.05) is 26.0 Å². The van der Waals surface area contributed by atoms with Crippen LogP contribution < -0.4 is 4.31 Å². The highest BCUT2D eigenvalue weighted by molar-refractivity contribution is 7.95. The molecule has 0 saturated heterocycles. The second-order valence-electron chi connectivity index (χ2n) is 6.36. The van der Waals surface area contributed by atoms with E-state index in [1.54, 1.807) is 36.4 Å². The van der Waals surface area contributed by atoms with E-state index in [2.05, 4.69) is 0 Å². The molecule has 0 aromatic heterocycles. The molecule has 1 aliphatic rings. The first-order valence-electron chi connectivity index (χ1n) is 8.34. The van der Waals surface area contributed by atoms with Crippen LogP contribution in [0.1, 0.15) is 18.1 Å². The highest BCUT2D eigenvalue weighted by Crippen LogP contribution is 2.30. The van der Waals surface area contributed by atoms with E-state index in [-0.39, 0.29) is 10.6 Å². The average Bonchev–Trinajstić information content (AvgIpc) is 2.95. The number of rotatable bonds is 5. The zero-order valence-electron chi connectivity index (χ0n) is 14.7. The Hall–Kier alpha value is -2.12. The molecule has 0 bridgehead atoms. The van der Waals surface area contributed by atoms with Gasteiger partial charge in [-0.05, 0) is 49.2 Å². The third-order valence-corrected chi connectivity index (χ3v) is 7.63. The molecule has 0 aliphatic carbocycles. The van der Waals surface area contributed by atoms with Crippen molar-refractivity contribution in [2.75, 3.05) is 10.1 Å². The maximum atomic E-state index is 13.3. The molecule has 0 saturated carbocycles. The van der Waals surface area contributed by atoms with E-state index in [1.165, 1.54) is 10.4 Å². The molecule has 138 valence electrons. The summed E-state index contributed by atoms with van der Waals surface area (Å²) in [4.78, 5) is 0.139. The number of hydrogen-bond acceptors (Lipinski definition) is 4. The Morgan fingerprint density at radius 3 is 2.15 bits per heavy atom. The van der Waals surface area contributed by atoms with Crippen LogP contribution in [-0.4, -0.2) is 28.6 Å². The summed E-state index contributed by atoms with van der Waals surface area (Å²) in [5.74, 6) is -0.256.